The van der Waals surface area contributed by atoms with E-state index in [0.717, 1.165) is 11.1 Å². The molecule has 0 aromatic heterocycles. The van der Waals surface area contributed by atoms with Crippen molar-refractivity contribution in [1.29, 1.82) is 0 Å². The molecule has 4 heteroatoms. The van der Waals surface area contributed by atoms with Crippen LogP contribution in [0.4, 0.5) is 0 Å². The van der Waals surface area contributed by atoms with E-state index in [9.17, 15) is 4.21 Å². The minimum absolute atomic E-state index is 0. The molecule has 0 bridgehead atoms. The van der Waals surface area contributed by atoms with E-state index in [-0.39, 0.29) is 12.4 Å². The van der Waals surface area contributed by atoms with Crippen LogP contribution in [0.2, 0.25) is 0 Å². The van der Waals surface area contributed by atoms with Gasteiger partial charge < -0.3 is 5.73 Å². The monoisotopic (exact) mass is 219 g/mol. The first-order chi connectivity index (χ1) is 5.72. The molecule has 13 heavy (non-hydrogen) atoms. The lowest BCUT2D eigenvalue weighted by Gasteiger charge is -1.99. The zero-order chi connectivity index (χ0) is 8.97. The Labute approximate surface area is 87.4 Å². The fourth-order valence-corrected chi connectivity index (χ4v) is 1.67. The number of halogens is 1. The molecule has 1 aromatic rings. The molecule has 1 rings (SSSR count). The largest absolute Gasteiger partial charge is 0.326 e. The standard InChI is InChI=1S/C9H13NOS.ClH/c1-12(11)7-9-4-2-8(6-10)3-5-9;/h2-5H,6-7,10H2,1H3;1H. The van der Waals surface area contributed by atoms with Gasteiger partial charge in [0.15, 0.2) is 0 Å². The van der Waals surface area contributed by atoms with Crippen LogP contribution in [0.15, 0.2) is 24.3 Å². The Morgan fingerprint density at radius 1 is 1.23 bits per heavy atom. The Morgan fingerprint density at radius 3 is 2.08 bits per heavy atom. The zero-order valence-corrected chi connectivity index (χ0v) is 9.16. The second kappa shape index (κ2) is 6.13. The van der Waals surface area contributed by atoms with Crippen LogP contribution in [0.5, 0.6) is 0 Å². The van der Waals surface area contributed by atoms with E-state index >= 15 is 0 Å². The van der Waals surface area contributed by atoms with Crippen LogP contribution < -0.4 is 5.73 Å². The zero-order valence-electron chi connectivity index (χ0n) is 7.53. The van der Waals surface area contributed by atoms with Gasteiger partial charge in [0.25, 0.3) is 0 Å². The minimum atomic E-state index is -0.756. The second-order valence-corrected chi connectivity index (χ2v) is 4.17. The third-order valence-electron chi connectivity index (χ3n) is 1.63. The van der Waals surface area contributed by atoms with Crippen molar-refractivity contribution in [2.24, 2.45) is 5.73 Å². The van der Waals surface area contributed by atoms with Crippen LogP contribution in [-0.2, 0) is 23.1 Å². The first-order valence-electron chi connectivity index (χ1n) is 3.80. The van der Waals surface area contributed by atoms with Crippen molar-refractivity contribution >= 4 is 23.2 Å². The predicted molar refractivity (Wildman–Crippen MR) is 59.4 cm³/mol. The van der Waals surface area contributed by atoms with Gasteiger partial charge in [-0.25, -0.2) is 0 Å². The molecule has 1 aromatic carbocycles. The van der Waals surface area contributed by atoms with Crippen molar-refractivity contribution < 1.29 is 4.21 Å². The van der Waals surface area contributed by atoms with E-state index < -0.39 is 10.8 Å². The maximum Gasteiger partial charge on any atom is 0.0482 e. The third kappa shape index (κ3) is 4.41. The van der Waals surface area contributed by atoms with Crippen LogP contribution in [0, 0.1) is 0 Å². The van der Waals surface area contributed by atoms with Gasteiger partial charge in [0.1, 0.15) is 0 Å². The van der Waals surface area contributed by atoms with Gasteiger partial charge >= 0.3 is 0 Å². The van der Waals surface area contributed by atoms with Crippen molar-refractivity contribution in [1.82, 2.24) is 0 Å². The molecular weight excluding hydrogens is 206 g/mol. The summed E-state index contributed by atoms with van der Waals surface area (Å²) in [4.78, 5) is 0. The van der Waals surface area contributed by atoms with Gasteiger partial charge in [0.2, 0.25) is 0 Å². The van der Waals surface area contributed by atoms with Gasteiger partial charge in [-0.05, 0) is 11.1 Å². The summed E-state index contributed by atoms with van der Waals surface area (Å²) in [6.07, 6.45) is 1.71. The third-order valence-corrected chi connectivity index (χ3v) is 2.37. The molecule has 1 atom stereocenters. The Morgan fingerprint density at radius 2 is 1.69 bits per heavy atom. The van der Waals surface area contributed by atoms with Gasteiger partial charge in [0.05, 0.1) is 0 Å². The van der Waals surface area contributed by atoms with E-state index in [1.807, 2.05) is 24.3 Å². The lowest BCUT2D eigenvalue weighted by Crippen LogP contribution is -1.97. The first-order valence-corrected chi connectivity index (χ1v) is 5.53. The van der Waals surface area contributed by atoms with Crippen molar-refractivity contribution in [2.75, 3.05) is 6.26 Å². The molecule has 74 valence electrons. The van der Waals surface area contributed by atoms with Crippen molar-refractivity contribution in [3.8, 4) is 0 Å². The molecule has 0 radical (unpaired) electrons. The molecule has 0 spiro atoms. The maximum atomic E-state index is 10.9. The number of hydrogen-bond donors (Lipinski definition) is 1. The lowest BCUT2D eigenvalue weighted by atomic mass is 10.1. The number of hydrogen-bond acceptors (Lipinski definition) is 2. The highest BCUT2D eigenvalue weighted by Crippen LogP contribution is 2.05. The highest BCUT2D eigenvalue weighted by atomic mass is 35.5. The average molecular weight is 220 g/mol. The fraction of sp³-hybridized carbons (Fsp3) is 0.333. The molecule has 0 saturated heterocycles. The SMILES string of the molecule is CS(=O)Cc1ccc(CN)cc1.Cl. The summed E-state index contributed by atoms with van der Waals surface area (Å²) in [6.45, 7) is 0.565. The Kier molecular flexibility index (Phi) is 5.95. The van der Waals surface area contributed by atoms with Gasteiger partial charge in [-0.2, -0.15) is 0 Å². The summed E-state index contributed by atoms with van der Waals surface area (Å²) in [6, 6.07) is 7.90. The van der Waals surface area contributed by atoms with E-state index in [2.05, 4.69) is 0 Å². The topological polar surface area (TPSA) is 43.1 Å². The summed E-state index contributed by atoms with van der Waals surface area (Å²) in [5, 5.41) is 0. The van der Waals surface area contributed by atoms with Crippen LogP contribution in [0.25, 0.3) is 0 Å². The number of rotatable bonds is 3. The Bertz CT molecular complexity index is 273. The van der Waals surface area contributed by atoms with Crippen LogP contribution >= 0.6 is 12.4 Å². The minimum Gasteiger partial charge on any atom is -0.326 e. The van der Waals surface area contributed by atoms with Gasteiger partial charge in [-0.15, -0.1) is 12.4 Å². The molecule has 0 heterocycles. The summed E-state index contributed by atoms with van der Waals surface area (Å²) in [5.74, 6) is 0.630. The highest BCUT2D eigenvalue weighted by Gasteiger charge is 1.95. The maximum absolute atomic E-state index is 10.9. The van der Waals surface area contributed by atoms with E-state index in [0.29, 0.717) is 12.3 Å². The molecule has 2 N–H and O–H groups in total. The predicted octanol–water partition coefficient (Wildman–Crippen LogP) is 1.45. The molecular formula is C9H14ClNOS. The smallest absolute Gasteiger partial charge is 0.0482 e. The van der Waals surface area contributed by atoms with Crippen molar-refractivity contribution in [3.63, 3.8) is 0 Å². The Balaban J connectivity index is 0.00000144. The summed E-state index contributed by atoms with van der Waals surface area (Å²) in [7, 11) is -0.756. The summed E-state index contributed by atoms with van der Waals surface area (Å²) >= 11 is 0. The molecule has 0 amide bonds. The van der Waals surface area contributed by atoms with Gasteiger partial charge in [-0.3, -0.25) is 4.21 Å². The Hall–Kier alpha value is -0.380. The number of benzene rings is 1. The molecule has 0 aliphatic heterocycles. The fourth-order valence-electron chi connectivity index (χ4n) is 1.01. The molecule has 0 saturated carbocycles. The molecule has 0 fully saturated rings. The molecule has 0 aliphatic carbocycles. The average Bonchev–Trinajstić information content (AvgIpc) is 2.05. The van der Waals surface area contributed by atoms with E-state index in [1.165, 1.54) is 0 Å². The van der Waals surface area contributed by atoms with E-state index in [4.69, 9.17) is 5.73 Å². The molecule has 2 nitrogen and oxygen atoms in total. The lowest BCUT2D eigenvalue weighted by molar-refractivity contribution is 0.686. The van der Waals surface area contributed by atoms with E-state index in [1.54, 1.807) is 6.26 Å². The van der Waals surface area contributed by atoms with Crippen molar-refractivity contribution in [3.05, 3.63) is 35.4 Å². The van der Waals surface area contributed by atoms with Crippen LogP contribution in [0.3, 0.4) is 0 Å². The summed E-state index contributed by atoms with van der Waals surface area (Å²) in [5.41, 5.74) is 7.66. The molecule has 0 aliphatic rings. The quantitative estimate of drug-likeness (QED) is 0.836. The van der Waals surface area contributed by atoms with Crippen molar-refractivity contribution in [2.45, 2.75) is 12.3 Å². The van der Waals surface area contributed by atoms with Crippen LogP contribution in [0.1, 0.15) is 11.1 Å². The normalized spacial score (nSPS) is 11.8. The first kappa shape index (κ1) is 12.6. The molecule has 1 unspecified atom stereocenters. The highest BCUT2D eigenvalue weighted by molar-refractivity contribution is 7.83. The van der Waals surface area contributed by atoms with Gasteiger partial charge in [-0.1, -0.05) is 24.3 Å². The second-order valence-electron chi connectivity index (χ2n) is 2.74. The van der Waals surface area contributed by atoms with Crippen LogP contribution in [-0.4, -0.2) is 10.5 Å². The summed E-state index contributed by atoms with van der Waals surface area (Å²) < 4.78 is 10.9. The number of nitrogens with two attached hydrogens (primary N) is 1. The van der Waals surface area contributed by atoms with Gasteiger partial charge in [0, 0.05) is 29.4 Å².